The standard InChI is InChI=1S/C13H22N2O3/c1-4-18-9(2)5-14-7-12-11(8-16)6-15-10(3)13(12)17/h6,9,14,16-17H,4-5,7-8H2,1-3H3. The SMILES string of the molecule is CCOC(C)CNCc1c(CO)cnc(C)c1O. The largest absolute Gasteiger partial charge is 0.506 e. The smallest absolute Gasteiger partial charge is 0.141 e. The van der Waals surface area contributed by atoms with Crippen LogP contribution >= 0.6 is 0 Å². The van der Waals surface area contributed by atoms with Crippen LogP contribution in [0.4, 0.5) is 0 Å². The van der Waals surface area contributed by atoms with Gasteiger partial charge in [-0.2, -0.15) is 0 Å². The van der Waals surface area contributed by atoms with E-state index in [1.54, 1.807) is 13.1 Å². The molecule has 18 heavy (non-hydrogen) atoms. The van der Waals surface area contributed by atoms with Crippen LogP contribution < -0.4 is 5.32 Å². The molecule has 0 aliphatic rings. The van der Waals surface area contributed by atoms with Crippen LogP contribution in [0.5, 0.6) is 5.75 Å². The lowest BCUT2D eigenvalue weighted by Crippen LogP contribution is -2.27. The molecule has 1 rings (SSSR count). The van der Waals surface area contributed by atoms with Gasteiger partial charge in [0.15, 0.2) is 0 Å². The van der Waals surface area contributed by atoms with Crippen molar-refractivity contribution in [3.05, 3.63) is 23.0 Å². The van der Waals surface area contributed by atoms with Crippen LogP contribution in [0.3, 0.4) is 0 Å². The zero-order valence-corrected chi connectivity index (χ0v) is 11.2. The quantitative estimate of drug-likeness (QED) is 0.679. The van der Waals surface area contributed by atoms with E-state index in [0.717, 1.165) is 0 Å². The lowest BCUT2D eigenvalue weighted by Gasteiger charge is -2.15. The van der Waals surface area contributed by atoms with Gasteiger partial charge >= 0.3 is 0 Å². The maximum absolute atomic E-state index is 9.93. The maximum atomic E-state index is 9.93. The predicted molar refractivity (Wildman–Crippen MR) is 69.4 cm³/mol. The van der Waals surface area contributed by atoms with Gasteiger partial charge < -0.3 is 20.3 Å². The number of pyridine rings is 1. The van der Waals surface area contributed by atoms with Gasteiger partial charge in [-0.25, -0.2) is 0 Å². The van der Waals surface area contributed by atoms with Crippen molar-refractivity contribution in [3.63, 3.8) is 0 Å². The van der Waals surface area contributed by atoms with Crippen LogP contribution in [0, 0.1) is 6.92 Å². The first kappa shape index (κ1) is 14.9. The third kappa shape index (κ3) is 3.94. The molecule has 1 atom stereocenters. The fourth-order valence-corrected chi connectivity index (χ4v) is 1.76. The van der Waals surface area contributed by atoms with Crippen LogP contribution in [0.2, 0.25) is 0 Å². The molecule has 0 saturated heterocycles. The van der Waals surface area contributed by atoms with Gasteiger partial charge in [0.05, 0.1) is 18.4 Å². The number of hydrogen-bond donors (Lipinski definition) is 3. The van der Waals surface area contributed by atoms with Gasteiger partial charge in [-0.05, 0) is 20.8 Å². The predicted octanol–water partition coefficient (Wildman–Crippen LogP) is 1.10. The Hall–Kier alpha value is -1.17. The van der Waals surface area contributed by atoms with E-state index in [-0.39, 0.29) is 18.5 Å². The molecular formula is C13H22N2O3. The first-order chi connectivity index (χ1) is 8.60. The van der Waals surface area contributed by atoms with Crippen LogP contribution in [-0.4, -0.2) is 34.5 Å². The molecule has 0 radical (unpaired) electrons. The van der Waals surface area contributed by atoms with E-state index in [4.69, 9.17) is 4.74 Å². The molecule has 0 aliphatic carbocycles. The number of hydrogen-bond acceptors (Lipinski definition) is 5. The van der Waals surface area contributed by atoms with Crippen molar-refractivity contribution in [1.82, 2.24) is 10.3 Å². The Labute approximate surface area is 108 Å². The van der Waals surface area contributed by atoms with Crippen LogP contribution in [-0.2, 0) is 17.9 Å². The van der Waals surface area contributed by atoms with Crippen molar-refractivity contribution in [2.75, 3.05) is 13.2 Å². The molecule has 5 heteroatoms. The summed E-state index contributed by atoms with van der Waals surface area (Å²) in [7, 11) is 0. The highest BCUT2D eigenvalue weighted by molar-refractivity contribution is 5.40. The lowest BCUT2D eigenvalue weighted by molar-refractivity contribution is 0.0758. The van der Waals surface area contributed by atoms with Crippen LogP contribution in [0.1, 0.15) is 30.7 Å². The van der Waals surface area contributed by atoms with Crippen molar-refractivity contribution >= 4 is 0 Å². The fraction of sp³-hybridized carbons (Fsp3) is 0.615. The van der Waals surface area contributed by atoms with E-state index in [0.29, 0.717) is 36.5 Å². The lowest BCUT2D eigenvalue weighted by atomic mass is 10.1. The van der Waals surface area contributed by atoms with Crippen molar-refractivity contribution in [3.8, 4) is 5.75 Å². The number of aryl methyl sites for hydroxylation is 1. The van der Waals surface area contributed by atoms with Crippen LogP contribution in [0.15, 0.2) is 6.20 Å². The Kier molecular flexibility index (Phi) is 6.04. The highest BCUT2D eigenvalue weighted by atomic mass is 16.5. The highest BCUT2D eigenvalue weighted by Crippen LogP contribution is 2.23. The summed E-state index contributed by atoms with van der Waals surface area (Å²) in [5.74, 6) is 0.151. The molecule has 1 aromatic rings. The summed E-state index contributed by atoms with van der Waals surface area (Å²) >= 11 is 0. The Balaban J connectivity index is 2.63. The Bertz CT molecular complexity index is 383. The minimum absolute atomic E-state index is 0.123. The minimum atomic E-state index is -0.126. The van der Waals surface area contributed by atoms with Crippen molar-refractivity contribution in [2.24, 2.45) is 0 Å². The zero-order valence-electron chi connectivity index (χ0n) is 11.2. The van der Waals surface area contributed by atoms with Crippen molar-refractivity contribution in [1.29, 1.82) is 0 Å². The molecule has 1 aromatic heterocycles. The summed E-state index contributed by atoms with van der Waals surface area (Å²) in [6.07, 6.45) is 1.72. The minimum Gasteiger partial charge on any atom is -0.506 e. The molecule has 0 aromatic carbocycles. The first-order valence-corrected chi connectivity index (χ1v) is 6.19. The molecule has 1 heterocycles. The van der Waals surface area contributed by atoms with E-state index >= 15 is 0 Å². The molecule has 3 N–H and O–H groups in total. The molecule has 0 saturated carbocycles. The highest BCUT2D eigenvalue weighted by Gasteiger charge is 2.11. The first-order valence-electron chi connectivity index (χ1n) is 6.19. The summed E-state index contributed by atoms with van der Waals surface area (Å²) in [5.41, 5.74) is 1.92. The van der Waals surface area contributed by atoms with E-state index in [2.05, 4.69) is 10.3 Å². The van der Waals surface area contributed by atoms with Crippen LogP contribution in [0.25, 0.3) is 0 Å². The molecule has 1 unspecified atom stereocenters. The molecular weight excluding hydrogens is 232 g/mol. The molecule has 0 amide bonds. The topological polar surface area (TPSA) is 74.6 Å². The van der Waals surface area contributed by atoms with Crippen molar-refractivity contribution in [2.45, 2.75) is 40.0 Å². The maximum Gasteiger partial charge on any atom is 0.141 e. The van der Waals surface area contributed by atoms with Gasteiger partial charge in [0.25, 0.3) is 0 Å². The van der Waals surface area contributed by atoms with E-state index in [1.807, 2.05) is 13.8 Å². The second kappa shape index (κ2) is 7.31. The average molecular weight is 254 g/mol. The average Bonchev–Trinajstić information content (AvgIpc) is 2.35. The normalized spacial score (nSPS) is 12.7. The Morgan fingerprint density at radius 2 is 2.22 bits per heavy atom. The summed E-state index contributed by atoms with van der Waals surface area (Å²) in [6, 6.07) is 0. The van der Waals surface area contributed by atoms with E-state index in [1.165, 1.54) is 0 Å². The Morgan fingerprint density at radius 1 is 1.50 bits per heavy atom. The molecule has 0 fully saturated rings. The molecule has 5 nitrogen and oxygen atoms in total. The molecule has 0 aliphatic heterocycles. The number of aliphatic hydroxyl groups is 1. The number of rotatable bonds is 7. The Morgan fingerprint density at radius 3 is 2.83 bits per heavy atom. The van der Waals surface area contributed by atoms with E-state index < -0.39 is 0 Å². The van der Waals surface area contributed by atoms with Gasteiger partial charge in [0, 0.05) is 37.0 Å². The second-order valence-electron chi connectivity index (χ2n) is 4.25. The monoisotopic (exact) mass is 254 g/mol. The number of aromatic hydroxyl groups is 1. The molecule has 0 spiro atoms. The number of nitrogens with zero attached hydrogens (tertiary/aromatic N) is 1. The molecule has 102 valence electrons. The number of nitrogens with one attached hydrogen (secondary N) is 1. The third-order valence-corrected chi connectivity index (χ3v) is 2.79. The zero-order chi connectivity index (χ0) is 13.5. The van der Waals surface area contributed by atoms with Gasteiger partial charge in [0.2, 0.25) is 0 Å². The van der Waals surface area contributed by atoms with Gasteiger partial charge in [-0.15, -0.1) is 0 Å². The summed E-state index contributed by atoms with van der Waals surface area (Å²) < 4.78 is 5.40. The van der Waals surface area contributed by atoms with Gasteiger partial charge in [-0.1, -0.05) is 0 Å². The number of ether oxygens (including phenoxy) is 1. The summed E-state index contributed by atoms with van der Waals surface area (Å²) in [4.78, 5) is 4.02. The second-order valence-corrected chi connectivity index (χ2v) is 4.25. The van der Waals surface area contributed by atoms with Gasteiger partial charge in [0.1, 0.15) is 5.75 Å². The fourth-order valence-electron chi connectivity index (χ4n) is 1.76. The van der Waals surface area contributed by atoms with Crippen molar-refractivity contribution < 1.29 is 14.9 Å². The van der Waals surface area contributed by atoms with Gasteiger partial charge in [-0.3, -0.25) is 4.98 Å². The third-order valence-electron chi connectivity index (χ3n) is 2.79. The summed E-state index contributed by atoms with van der Waals surface area (Å²) in [5, 5.41) is 22.4. The number of aromatic nitrogens is 1. The number of aliphatic hydroxyl groups excluding tert-OH is 1. The van der Waals surface area contributed by atoms with E-state index in [9.17, 15) is 10.2 Å². The summed E-state index contributed by atoms with van der Waals surface area (Å²) in [6.45, 7) is 7.42. The molecule has 0 bridgehead atoms.